The van der Waals surface area contributed by atoms with Crippen LogP contribution in [0.2, 0.25) is 0 Å². The molecule has 0 radical (unpaired) electrons. The zero-order valence-electron chi connectivity index (χ0n) is 18.5. The Labute approximate surface area is 179 Å². The fourth-order valence-electron chi connectivity index (χ4n) is 3.33. The Hall–Kier alpha value is -3.08. The summed E-state index contributed by atoms with van der Waals surface area (Å²) in [5.74, 6) is 1.91. The van der Waals surface area contributed by atoms with Crippen LogP contribution < -0.4 is 10.1 Å². The van der Waals surface area contributed by atoms with Crippen molar-refractivity contribution in [3.8, 4) is 17.3 Å². The molecule has 3 rings (SSSR count). The summed E-state index contributed by atoms with van der Waals surface area (Å²) >= 11 is 0. The molecule has 30 heavy (non-hydrogen) atoms. The Balaban J connectivity index is 1.95. The van der Waals surface area contributed by atoms with Crippen LogP contribution in [-0.4, -0.2) is 22.2 Å². The van der Waals surface area contributed by atoms with Crippen molar-refractivity contribution in [2.45, 2.75) is 47.5 Å². The van der Waals surface area contributed by atoms with Crippen LogP contribution in [-0.2, 0) is 11.2 Å². The van der Waals surface area contributed by atoms with Gasteiger partial charge in [0, 0.05) is 18.5 Å². The molecule has 0 atom stereocenters. The van der Waals surface area contributed by atoms with Crippen molar-refractivity contribution in [1.29, 1.82) is 0 Å². The summed E-state index contributed by atoms with van der Waals surface area (Å²) in [6, 6.07) is 16.1. The van der Waals surface area contributed by atoms with Gasteiger partial charge < -0.3 is 10.1 Å². The van der Waals surface area contributed by atoms with Crippen molar-refractivity contribution >= 4 is 5.91 Å². The Kier molecular flexibility index (Phi) is 6.93. The zero-order valence-corrected chi connectivity index (χ0v) is 18.5. The number of hydrogen-bond donors (Lipinski definition) is 1. The van der Waals surface area contributed by atoms with Crippen LogP contribution in [0.5, 0.6) is 11.6 Å². The molecule has 0 bridgehead atoms. The maximum Gasteiger partial charge on any atom is 0.226 e. The van der Waals surface area contributed by atoms with Crippen molar-refractivity contribution in [2.75, 3.05) is 6.54 Å². The fourth-order valence-corrected chi connectivity index (χ4v) is 3.33. The number of para-hydroxylation sites is 1. The lowest BCUT2D eigenvalue weighted by atomic mass is 10.1. The van der Waals surface area contributed by atoms with Crippen molar-refractivity contribution in [2.24, 2.45) is 5.92 Å². The average molecular weight is 406 g/mol. The number of nitrogens with zero attached hydrogens (tertiary/aromatic N) is 2. The van der Waals surface area contributed by atoms with E-state index in [4.69, 9.17) is 9.84 Å². The summed E-state index contributed by atoms with van der Waals surface area (Å²) in [6.45, 7) is 10.9. The molecule has 5 nitrogen and oxygen atoms in total. The molecule has 0 aliphatic carbocycles. The second-order valence-corrected chi connectivity index (χ2v) is 8.18. The Morgan fingerprint density at radius 2 is 1.87 bits per heavy atom. The van der Waals surface area contributed by atoms with Crippen LogP contribution in [0.25, 0.3) is 5.69 Å². The quantitative estimate of drug-likeness (QED) is 0.554. The predicted octanol–water partition coefficient (Wildman–Crippen LogP) is 5.29. The van der Waals surface area contributed by atoms with E-state index in [0.29, 0.717) is 31.2 Å². The molecular weight excluding hydrogens is 374 g/mol. The van der Waals surface area contributed by atoms with Crippen LogP contribution >= 0.6 is 0 Å². The van der Waals surface area contributed by atoms with Gasteiger partial charge in [0.15, 0.2) is 0 Å². The van der Waals surface area contributed by atoms with E-state index in [1.165, 1.54) is 0 Å². The second kappa shape index (κ2) is 9.61. The van der Waals surface area contributed by atoms with E-state index < -0.39 is 0 Å². The van der Waals surface area contributed by atoms with Crippen molar-refractivity contribution in [1.82, 2.24) is 15.1 Å². The number of rotatable bonds is 8. The SMILES string of the molecule is Cc1cccc(Oc2c(CCC(=O)NCC(C)C)c(C)nn2-c2ccccc2C)c1. The van der Waals surface area contributed by atoms with Crippen LogP contribution in [0.4, 0.5) is 0 Å². The molecule has 0 saturated heterocycles. The molecule has 3 aromatic rings. The zero-order chi connectivity index (χ0) is 21.7. The number of nitrogens with one attached hydrogen (secondary N) is 1. The van der Waals surface area contributed by atoms with Crippen LogP contribution in [0, 0.1) is 26.7 Å². The third-order valence-electron chi connectivity index (χ3n) is 4.99. The number of amides is 1. The maximum absolute atomic E-state index is 12.3. The van der Waals surface area contributed by atoms with E-state index in [1.807, 2.05) is 61.0 Å². The van der Waals surface area contributed by atoms with Gasteiger partial charge in [-0.2, -0.15) is 9.78 Å². The minimum Gasteiger partial charge on any atom is -0.439 e. The van der Waals surface area contributed by atoms with E-state index in [1.54, 1.807) is 0 Å². The lowest BCUT2D eigenvalue weighted by molar-refractivity contribution is -0.121. The summed E-state index contributed by atoms with van der Waals surface area (Å²) in [7, 11) is 0. The lowest BCUT2D eigenvalue weighted by Gasteiger charge is -2.13. The smallest absolute Gasteiger partial charge is 0.226 e. The first-order valence-electron chi connectivity index (χ1n) is 10.5. The summed E-state index contributed by atoms with van der Waals surface area (Å²) in [5, 5.41) is 7.76. The highest BCUT2D eigenvalue weighted by Gasteiger charge is 2.20. The minimum absolute atomic E-state index is 0.0493. The Morgan fingerprint density at radius 3 is 2.57 bits per heavy atom. The number of aromatic nitrogens is 2. The third-order valence-corrected chi connectivity index (χ3v) is 4.99. The van der Waals surface area contributed by atoms with Crippen molar-refractivity contribution in [3.05, 3.63) is 70.9 Å². The van der Waals surface area contributed by atoms with Crippen molar-refractivity contribution < 1.29 is 9.53 Å². The number of benzene rings is 2. The largest absolute Gasteiger partial charge is 0.439 e. The molecule has 5 heteroatoms. The van der Waals surface area contributed by atoms with E-state index in [-0.39, 0.29) is 5.91 Å². The van der Waals surface area contributed by atoms with Gasteiger partial charge in [-0.05, 0) is 62.4 Å². The van der Waals surface area contributed by atoms with Crippen molar-refractivity contribution in [3.63, 3.8) is 0 Å². The summed E-state index contributed by atoms with van der Waals surface area (Å²) in [4.78, 5) is 12.3. The monoisotopic (exact) mass is 405 g/mol. The van der Waals surface area contributed by atoms with Gasteiger partial charge >= 0.3 is 0 Å². The third kappa shape index (κ3) is 5.29. The highest BCUT2D eigenvalue weighted by atomic mass is 16.5. The second-order valence-electron chi connectivity index (χ2n) is 8.18. The molecule has 2 aromatic carbocycles. The Bertz CT molecular complexity index is 1020. The molecule has 0 fully saturated rings. The number of aryl methyl sites for hydroxylation is 3. The van der Waals surface area contributed by atoms with Gasteiger partial charge in [-0.3, -0.25) is 4.79 Å². The van der Waals surface area contributed by atoms with Gasteiger partial charge in [0.1, 0.15) is 5.75 Å². The van der Waals surface area contributed by atoms with Crippen LogP contribution in [0.15, 0.2) is 48.5 Å². The first-order chi connectivity index (χ1) is 14.3. The molecule has 0 aliphatic heterocycles. The summed E-state index contributed by atoms with van der Waals surface area (Å²) < 4.78 is 8.21. The summed E-state index contributed by atoms with van der Waals surface area (Å²) in [6.07, 6.45) is 0.972. The van der Waals surface area contributed by atoms with Gasteiger partial charge in [-0.25, -0.2) is 0 Å². The number of carbonyl (C=O) groups is 1. The molecule has 1 N–H and O–H groups in total. The number of hydrogen-bond acceptors (Lipinski definition) is 3. The highest BCUT2D eigenvalue weighted by Crippen LogP contribution is 2.32. The molecule has 1 amide bonds. The molecule has 0 saturated carbocycles. The topological polar surface area (TPSA) is 56.1 Å². The number of ether oxygens (including phenoxy) is 1. The maximum atomic E-state index is 12.3. The van der Waals surface area contributed by atoms with Gasteiger partial charge in [0.2, 0.25) is 11.8 Å². The fraction of sp³-hybridized carbons (Fsp3) is 0.360. The molecule has 1 aromatic heterocycles. The van der Waals surface area contributed by atoms with Gasteiger partial charge in [-0.15, -0.1) is 0 Å². The van der Waals surface area contributed by atoms with E-state index in [2.05, 4.69) is 32.2 Å². The minimum atomic E-state index is 0.0493. The van der Waals surface area contributed by atoms with Crippen LogP contribution in [0.3, 0.4) is 0 Å². The molecular formula is C25H31N3O2. The molecule has 0 spiro atoms. The average Bonchev–Trinajstić information content (AvgIpc) is 3.00. The van der Waals surface area contributed by atoms with Gasteiger partial charge in [0.25, 0.3) is 0 Å². The first kappa shape index (κ1) is 21.6. The predicted molar refractivity (Wildman–Crippen MR) is 120 cm³/mol. The molecule has 158 valence electrons. The Morgan fingerprint density at radius 1 is 1.10 bits per heavy atom. The molecule has 0 aliphatic rings. The summed E-state index contributed by atoms with van der Waals surface area (Å²) in [5.41, 5.74) is 5.03. The van der Waals surface area contributed by atoms with Gasteiger partial charge in [-0.1, -0.05) is 44.2 Å². The van der Waals surface area contributed by atoms with E-state index in [9.17, 15) is 4.79 Å². The van der Waals surface area contributed by atoms with E-state index >= 15 is 0 Å². The van der Waals surface area contributed by atoms with Gasteiger partial charge in [0.05, 0.1) is 11.4 Å². The van der Waals surface area contributed by atoms with E-state index in [0.717, 1.165) is 33.8 Å². The molecule has 1 heterocycles. The molecule has 0 unspecified atom stereocenters. The first-order valence-corrected chi connectivity index (χ1v) is 10.5. The van der Waals surface area contributed by atoms with Crippen LogP contribution in [0.1, 0.15) is 42.7 Å². The normalized spacial score (nSPS) is 11.0. The highest BCUT2D eigenvalue weighted by molar-refractivity contribution is 5.76. The lowest BCUT2D eigenvalue weighted by Crippen LogP contribution is -2.27. The standard InChI is InChI=1S/C25H31N3O2/c1-17(2)16-26-24(29)14-13-22-20(5)27-28(23-12-7-6-10-19(23)4)25(22)30-21-11-8-9-18(3)15-21/h6-12,15,17H,13-14,16H2,1-5H3,(H,26,29). The number of carbonyl (C=O) groups excluding carboxylic acids is 1.